The first-order valence-corrected chi connectivity index (χ1v) is 9.87. The van der Waals surface area contributed by atoms with Gasteiger partial charge in [-0.15, -0.1) is 0 Å². The van der Waals surface area contributed by atoms with Crippen LogP contribution in [0.15, 0.2) is 59.6 Å². The van der Waals surface area contributed by atoms with Crippen LogP contribution in [0.1, 0.15) is 5.56 Å². The van der Waals surface area contributed by atoms with E-state index in [9.17, 15) is 13.7 Å². The maximum Gasteiger partial charge on any atom is 0.269 e. The molecule has 2 heterocycles. The van der Waals surface area contributed by atoms with Crippen LogP contribution in [-0.4, -0.2) is 38.6 Å². The average Bonchev–Trinajstić information content (AvgIpc) is 3.13. The molecule has 1 aliphatic rings. The number of nitrogens with one attached hydrogen (secondary N) is 1. The van der Waals surface area contributed by atoms with Crippen molar-refractivity contribution in [1.29, 1.82) is 5.26 Å². The molecule has 26 heavy (non-hydrogen) atoms. The quantitative estimate of drug-likeness (QED) is 0.769. The van der Waals surface area contributed by atoms with E-state index in [2.05, 4.69) is 10.2 Å². The normalized spacial score (nSPS) is 15.1. The SMILES string of the molecule is N#Cc1ccccc1S(=O)(=O)n1ccc2cccc(N3CCNCC3)c21. The van der Waals surface area contributed by atoms with Crippen LogP contribution >= 0.6 is 0 Å². The third kappa shape index (κ3) is 2.64. The molecule has 2 aromatic carbocycles. The first-order valence-electron chi connectivity index (χ1n) is 8.43. The predicted molar refractivity (Wildman–Crippen MR) is 101 cm³/mol. The summed E-state index contributed by atoms with van der Waals surface area (Å²) in [4.78, 5) is 2.22. The highest BCUT2D eigenvalue weighted by Crippen LogP contribution is 2.31. The maximum absolute atomic E-state index is 13.3. The summed E-state index contributed by atoms with van der Waals surface area (Å²) in [7, 11) is -3.87. The van der Waals surface area contributed by atoms with Gasteiger partial charge in [0.2, 0.25) is 0 Å². The Morgan fingerprint density at radius 1 is 1.00 bits per heavy atom. The average molecular weight is 366 g/mol. The van der Waals surface area contributed by atoms with Crippen LogP contribution in [0, 0.1) is 11.3 Å². The molecule has 6 nitrogen and oxygen atoms in total. The van der Waals surface area contributed by atoms with Gasteiger partial charge in [-0.1, -0.05) is 24.3 Å². The van der Waals surface area contributed by atoms with Crippen molar-refractivity contribution in [3.63, 3.8) is 0 Å². The molecule has 132 valence electrons. The fraction of sp³-hybridized carbons (Fsp3) is 0.211. The van der Waals surface area contributed by atoms with Crippen LogP contribution in [0.25, 0.3) is 10.9 Å². The van der Waals surface area contributed by atoms with Gasteiger partial charge in [-0.05, 0) is 24.3 Å². The first kappa shape index (κ1) is 16.6. The second-order valence-corrected chi connectivity index (χ2v) is 7.96. The summed E-state index contributed by atoms with van der Waals surface area (Å²) in [6.45, 7) is 3.36. The second kappa shape index (κ2) is 6.48. The minimum absolute atomic E-state index is 0.0233. The van der Waals surface area contributed by atoms with E-state index in [0.29, 0.717) is 5.52 Å². The summed E-state index contributed by atoms with van der Waals surface area (Å²) < 4.78 is 27.9. The van der Waals surface area contributed by atoms with Gasteiger partial charge in [0.05, 0.1) is 16.8 Å². The van der Waals surface area contributed by atoms with Crippen LogP contribution in [0.5, 0.6) is 0 Å². The largest absolute Gasteiger partial charge is 0.367 e. The molecule has 0 bridgehead atoms. The van der Waals surface area contributed by atoms with Crippen molar-refractivity contribution < 1.29 is 8.42 Å². The zero-order valence-corrected chi connectivity index (χ0v) is 14.9. The van der Waals surface area contributed by atoms with Gasteiger partial charge in [0.15, 0.2) is 0 Å². The Balaban J connectivity index is 1.93. The minimum Gasteiger partial charge on any atom is -0.367 e. The molecular formula is C19H18N4O2S. The number of benzene rings is 2. The summed E-state index contributed by atoms with van der Waals surface area (Å²) in [5.41, 5.74) is 1.70. The van der Waals surface area contributed by atoms with E-state index in [1.54, 1.807) is 24.4 Å². The molecule has 1 aromatic heterocycles. The van der Waals surface area contributed by atoms with Crippen molar-refractivity contribution in [1.82, 2.24) is 9.29 Å². The number of nitriles is 1. The third-order valence-corrected chi connectivity index (χ3v) is 6.39. The van der Waals surface area contributed by atoms with Crippen molar-refractivity contribution in [2.24, 2.45) is 0 Å². The molecule has 4 rings (SSSR count). The van der Waals surface area contributed by atoms with Crippen molar-refractivity contribution in [2.45, 2.75) is 4.90 Å². The molecule has 1 aliphatic heterocycles. The van der Waals surface area contributed by atoms with E-state index in [1.165, 1.54) is 16.1 Å². The summed E-state index contributed by atoms with van der Waals surface area (Å²) >= 11 is 0. The number of fused-ring (bicyclic) bond motifs is 1. The Labute approximate surface area is 152 Å². The highest BCUT2D eigenvalue weighted by Gasteiger charge is 2.25. The number of rotatable bonds is 3. The standard InChI is InChI=1S/C19H18N4O2S/c20-14-16-4-1-2-7-18(16)26(24,25)23-11-8-15-5-3-6-17(19(15)23)22-12-9-21-10-13-22/h1-8,11,21H,9-10,12-13H2. The Morgan fingerprint density at radius 2 is 1.77 bits per heavy atom. The smallest absolute Gasteiger partial charge is 0.269 e. The van der Waals surface area contributed by atoms with Gasteiger partial charge in [0, 0.05) is 37.8 Å². The first-order chi connectivity index (χ1) is 12.6. The van der Waals surface area contributed by atoms with Crippen LogP contribution in [0.4, 0.5) is 5.69 Å². The zero-order valence-electron chi connectivity index (χ0n) is 14.1. The van der Waals surface area contributed by atoms with E-state index in [4.69, 9.17) is 0 Å². The lowest BCUT2D eigenvalue weighted by atomic mass is 10.2. The topological polar surface area (TPSA) is 78.1 Å². The zero-order chi connectivity index (χ0) is 18.1. The molecule has 1 N–H and O–H groups in total. The second-order valence-electron chi connectivity index (χ2n) is 6.18. The molecule has 0 spiro atoms. The number of hydrogen-bond donors (Lipinski definition) is 1. The van der Waals surface area contributed by atoms with Gasteiger partial charge in [0.1, 0.15) is 11.0 Å². The van der Waals surface area contributed by atoms with Crippen molar-refractivity contribution in [3.8, 4) is 6.07 Å². The van der Waals surface area contributed by atoms with Gasteiger partial charge in [-0.2, -0.15) is 5.26 Å². The number of piperazine rings is 1. The number of nitrogens with zero attached hydrogens (tertiary/aromatic N) is 3. The van der Waals surface area contributed by atoms with Gasteiger partial charge in [-0.3, -0.25) is 0 Å². The molecule has 1 saturated heterocycles. The Hall–Kier alpha value is -2.82. The molecule has 0 unspecified atom stereocenters. The third-order valence-electron chi connectivity index (χ3n) is 4.66. The summed E-state index contributed by atoms with van der Waals surface area (Å²) in [6.07, 6.45) is 1.57. The molecule has 3 aromatic rings. The van der Waals surface area contributed by atoms with Crippen molar-refractivity contribution >= 4 is 26.6 Å². The van der Waals surface area contributed by atoms with E-state index >= 15 is 0 Å². The molecule has 0 amide bonds. The predicted octanol–water partition coefficient (Wildman–Crippen LogP) is 2.16. The van der Waals surface area contributed by atoms with Crippen molar-refractivity contribution in [3.05, 3.63) is 60.3 Å². The summed E-state index contributed by atoms with van der Waals surface area (Å²) in [5.74, 6) is 0. The van der Waals surface area contributed by atoms with E-state index in [-0.39, 0.29) is 10.5 Å². The van der Waals surface area contributed by atoms with Crippen molar-refractivity contribution in [2.75, 3.05) is 31.1 Å². The molecule has 1 fully saturated rings. The molecule has 0 radical (unpaired) electrons. The highest BCUT2D eigenvalue weighted by atomic mass is 32.2. The van der Waals surface area contributed by atoms with Gasteiger partial charge < -0.3 is 10.2 Å². The van der Waals surface area contributed by atoms with Gasteiger partial charge >= 0.3 is 0 Å². The van der Waals surface area contributed by atoms with Crippen LogP contribution < -0.4 is 10.2 Å². The monoisotopic (exact) mass is 366 g/mol. The molecule has 0 aliphatic carbocycles. The molecule has 7 heteroatoms. The number of para-hydroxylation sites is 1. The lowest BCUT2D eigenvalue weighted by molar-refractivity contribution is 0.586. The van der Waals surface area contributed by atoms with Crippen LogP contribution in [-0.2, 0) is 10.0 Å². The number of aromatic nitrogens is 1. The van der Waals surface area contributed by atoms with Gasteiger partial charge in [0.25, 0.3) is 10.0 Å². The van der Waals surface area contributed by atoms with E-state index in [1.807, 2.05) is 24.3 Å². The van der Waals surface area contributed by atoms with E-state index in [0.717, 1.165) is 37.3 Å². The Morgan fingerprint density at radius 3 is 2.54 bits per heavy atom. The fourth-order valence-corrected chi connectivity index (χ4v) is 4.91. The Bertz CT molecular complexity index is 1110. The number of hydrogen-bond acceptors (Lipinski definition) is 5. The maximum atomic E-state index is 13.3. The lowest BCUT2D eigenvalue weighted by Gasteiger charge is -2.30. The number of anilines is 1. The van der Waals surface area contributed by atoms with E-state index < -0.39 is 10.0 Å². The fourth-order valence-electron chi connectivity index (χ4n) is 3.40. The Kier molecular flexibility index (Phi) is 4.15. The highest BCUT2D eigenvalue weighted by molar-refractivity contribution is 7.90. The lowest BCUT2D eigenvalue weighted by Crippen LogP contribution is -2.43. The summed E-state index contributed by atoms with van der Waals surface area (Å²) in [6, 6.07) is 15.9. The molecule has 0 saturated carbocycles. The molecular weight excluding hydrogens is 348 g/mol. The summed E-state index contributed by atoms with van der Waals surface area (Å²) in [5, 5.41) is 13.5. The van der Waals surface area contributed by atoms with Gasteiger partial charge in [-0.25, -0.2) is 12.4 Å². The van der Waals surface area contributed by atoms with Crippen LogP contribution in [0.3, 0.4) is 0 Å². The van der Waals surface area contributed by atoms with Crippen LogP contribution in [0.2, 0.25) is 0 Å². The molecule has 0 atom stereocenters. The minimum atomic E-state index is -3.87.